The number of ether oxygens (including phenoxy) is 2. The van der Waals surface area contributed by atoms with Crippen molar-refractivity contribution in [2.75, 3.05) is 18.6 Å². The molecule has 1 amide bonds. The Morgan fingerprint density at radius 1 is 1.15 bits per heavy atom. The maximum atomic E-state index is 13.5. The molecule has 2 aromatic carbocycles. The van der Waals surface area contributed by atoms with Gasteiger partial charge in [0.2, 0.25) is 10.9 Å². The second-order valence-corrected chi connectivity index (χ2v) is 11.6. The molecule has 1 atom stereocenters. The third kappa shape index (κ3) is 6.01. The average molecular weight is 592 g/mol. The molecule has 0 saturated heterocycles. The fourth-order valence-electron chi connectivity index (χ4n) is 4.38. The van der Waals surface area contributed by atoms with Gasteiger partial charge >= 0.3 is 0 Å². The largest absolute Gasteiger partial charge is 0.503 e. The number of aliphatic hydroxyl groups is 1. The van der Waals surface area contributed by atoms with Crippen molar-refractivity contribution in [1.29, 1.82) is 0 Å². The molecule has 0 aliphatic carbocycles. The lowest BCUT2D eigenvalue weighted by atomic mass is 9.95. The van der Waals surface area contributed by atoms with Crippen LogP contribution in [0.25, 0.3) is 0 Å². The van der Waals surface area contributed by atoms with Crippen LogP contribution in [-0.2, 0) is 10.5 Å². The summed E-state index contributed by atoms with van der Waals surface area (Å²) in [7, 11) is 1.52. The summed E-state index contributed by atoms with van der Waals surface area (Å²) in [6, 6.07) is 15.5. The number of aryl methyl sites for hydroxylation is 1. The number of ketones is 1. The highest BCUT2D eigenvalue weighted by Crippen LogP contribution is 2.45. The number of aromatic nitrogens is 2. The number of Topliss-reactive ketones (excluding diaryl/α,β-unsaturated/α-hetero) is 1. The van der Waals surface area contributed by atoms with Gasteiger partial charge in [0.15, 0.2) is 27.4 Å². The zero-order valence-corrected chi connectivity index (χ0v) is 24.5. The van der Waals surface area contributed by atoms with Crippen molar-refractivity contribution in [2.24, 2.45) is 0 Å². The van der Waals surface area contributed by atoms with E-state index in [0.29, 0.717) is 33.8 Å². The molecule has 0 radical (unpaired) electrons. The van der Waals surface area contributed by atoms with Gasteiger partial charge in [-0.1, -0.05) is 72.3 Å². The number of unbranched alkanes of at least 4 members (excludes halogenated alkanes) is 1. The summed E-state index contributed by atoms with van der Waals surface area (Å²) in [4.78, 5) is 28.3. The second kappa shape index (κ2) is 12.6. The smallest absolute Gasteiger partial charge is 0.296 e. The van der Waals surface area contributed by atoms with Gasteiger partial charge in [-0.25, -0.2) is 0 Å². The third-order valence-electron chi connectivity index (χ3n) is 6.54. The molecule has 0 bridgehead atoms. The first-order chi connectivity index (χ1) is 19.9. The number of carbonyl (C=O) groups excluding carboxylic acids is 2. The molecule has 1 N–H and O–H groups in total. The van der Waals surface area contributed by atoms with E-state index in [1.165, 1.54) is 53.0 Å². The number of nitrogens with zero attached hydrogens (tertiary/aromatic N) is 3. The third-order valence-corrected chi connectivity index (χ3v) is 8.67. The molecule has 9 nitrogen and oxygen atoms in total. The van der Waals surface area contributed by atoms with Gasteiger partial charge in [0, 0.05) is 5.75 Å². The van der Waals surface area contributed by atoms with E-state index < -0.39 is 23.5 Å². The number of furan rings is 1. The van der Waals surface area contributed by atoms with Gasteiger partial charge in [0.25, 0.3) is 5.91 Å². The summed E-state index contributed by atoms with van der Waals surface area (Å²) >= 11 is 2.71. The zero-order valence-electron chi connectivity index (χ0n) is 22.8. The Kier molecular flexibility index (Phi) is 8.75. The number of carbonyl (C=O) groups is 2. The number of methoxy groups -OCH3 is 1. The average Bonchev–Trinajstić information content (AvgIpc) is 3.74. The summed E-state index contributed by atoms with van der Waals surface area (Å²) in [6.45, 7) is 4.64. The highest BCUT2D eigenvalue weighted by atomic mass is 32.2. The predicted octanol–water partition coefficient (Wildman–Crippen LogP) is 6.70. The lowest BCUT2D eigenvalue weighted by Gasteiger charge is -2.24. The molecule has 2 aromatic heterocycles. The molecule has 5 rings (SSSR count). The molecule has 0 saturated carbocycles. The number of anilines is 1. The van der Waals surface area contributed by atoms with Crippen LogP contribution in [0, 0.1) is 6.92 Å². The topological polar surface area (TPSA) is 115 Å². The zero-order chi connectivity index (χ0) is 28.9. The second-order valence-electron chi connectivity index (χ2n) is 9.38. The summed E-state index contributed by atoms with van der Waals surface area (Å²) in [5.41, 5.74) is 2.73. The van der Waals surface area contributed by atoms with E-state index in [1.54, 1.807) is 24.3 Å². The maximum absolute atomic E-state index is 13.5. The number of amides is 1. The van der Waals surface area contributed by atoms with Gasteiger partial charge < -0.3 is 19.0 Å². The van der Waals surface area contributed by atoms with Crippen molar-refractivity contribution >= 4 is 39.9 Å². The number of thioether (sulfide) groups is 1. The lowest BCUT2D eigenvalue weighted by Crippen LogP contribution is -2.31. The van der Waals surface area contributed by atoms with Crippen molar-refractivity contribution in [1.82, 2.24) is 10.2 Å². The van der Waals surface area contributed by atoms with Crippen molar-refractivity contribution in [3.63, 3.8) is 0 Å². The summed E-state index contributed by atoms with van der Waals surface area (Å²) in [5.74, 6) is -0.360. The van der Waals surface area contributed by atoms with E-state index in [9.17, 15) is 14.7 Å². The summed E-state index contributed by atoms with van der Waals surface area (Å²) in [5, 5.41) is 19.8. The van der Waals surface area contributed by atoms with Crippen molar-refractivity contribution < 1.29 is 28.6 Å². The molecule has 1 unspecified atom stereocenters. The van der Waals surface area contributed by atoms with Crippen LogP contribution in [0.15, 0.2) is 80.9 Å². The molecule has 11 heteroatoms. The quantitative estimate of drug-likeness (QED) is 0.0831. The van der Waals surface area contributed by atoms with Crippen LogP contribution in [-0.4, -0.2) is 40.7 Å². The first-order valence-corrected chi connectivity index (χ1v) is 14.9. The SMILES string of the molecule is CCCCOc1ccc(C2C(C(=O)c3ccco3)=C(O)C(=O)N2c2nnc(SCc3ccc(C)cc3)s2)cc1OC. The molecule has 0 spiro atoms. The number of benzene rings is 2. The van der Waals surface area contributed by atoms with Gasteiger partial charge in [-0.15, -0.1) is 10.2 Å². The Balaban J connectivity index is 1.50. The summed E-state index contributed by atoms with van der Waals surface area (Å²) < 4.78 is 17.4. The maximum Gasteiger partial charge on any atom is 0.296 e. The van der Waals surface area contributed by atoms with E-state index in [4.69, 9.17) is 13.9 Å². The normalized spacial score (nSPS) is 15.0. The van der Waals surface area contributed by atoms with E-state index in [0.717, 1.165) is 18.4 Å². The number of hydrogen-bond donors (Lipinski definition) is 1. The highest BCUT2D eigenvalue weighted by molar-refractivity contribution is 8.00. The predicted molar refractivity (Wildman–Crippen MR) is 157 cm³/mol. The highest BCUT2D eigenvalue weighted by Gasteiger charge is 2.47. The van der Waals surface area contributed by atoms with Gasteiger partial charge in [0.1, 0.15) is 0 Å². The van der Waals surface area contributed by atoms with Gasteiger partial charge in [-0.05, 0) is 48.7 Å². The van der Waals surface area contributed by atoms with Crippen LogP contribution in [0.2, 0.25) is 0 Å². The van der Waals surface area contributed by atoms with Crippen LogP contribution < -0.4 is 14.4 Å². The molecule has 1 aliphatic rings. The van der Waals surface area contributed by atoms with Gasteiger partial charge in [0.05, 0.1) is 31.6 Å². The first kappa shape index (κ1) is 28.4. The van der Waals surface area contributed by atoms with Crippen LogP contribution in [0.3, 0.4) is 0 Å². The van der Waals surface area contributed by atoms with E-state index in [-0.39, 0.29) is 16.5 Å². The molecule has 0 fully saturated rings. The minimum Gasteiger partial charge on any atom is -0.503 e. The first-order valence-electron chi connectivity index (χ1n) is 13.1. The minimum absolute atomic E-state index is 0.00397. The van der Waals surface area contributed by atoms with E-state index >= 15 is 0 Å². The lowest BCUT2D eigenvalue weighted by molar-refractivity contribution is -0.117. The Labute approximate surface area is 245 Å². The molecule has 1 aliphatic heterocycles. The van der Waals surface area contributed by atoms with Crippen molar-refractivity contribution in [3.05, 3.63) is 94.6 Å². The molecule has 4 aromatic rings. The van der Waals surface area contributed by atoms with Crippen molar-refractivity contribution in [3.8, 4) is 11.5 Å². The Morgan fingerprint density at radius 3 is 2.66 bits per heavy atom. The number of hydrogen-bond acceptors (Lipinski definition) is 10. The molecular formula is C30H29N3O6S2. The van der Waals surface area contributed by atoms with Crippen LogP contribution in [0.1, 0.15) is 53.1 Å². The Hall–Kier alpha value is -4.09. The molecule has 41 heavy (non-hydrogen) atoms. The van der Waals surface area contributed by atoms with Gasteiger partial charge in [-0.3, -0.25) is 14.5 Å². The van der Waals surface area contributed by atoms with Crippen LogP contribution in [0.4, 0.5) is 5.13 Å². The molecular weight excluding hydrogens is 562 g/mol. The fraction of sp³-hybridized carbons (Fsp3) is 0.267. The molecule has 3 heterocycles. The van der Waals surface area contributed by atoms with Crippen LogP contribution in [0.5, 0.6) is 11.5 Å². The van der Waals surface area contributed by atoms with E-state index in [2.05, 4.69) is 41.4 Å². The number of aliphatic hydroxyl groups excluding tert-OH is 1. The minimum atomic E-state index is -0.999. The monoisotopic (exact) mass is 591 g/mol. The van der Waals surface area contributed by atoms with E-state index in [1.807, 2.05) is 6.92 Å². The number of rotatable bonds is 12. The standard InChI is InChI=1S/C30H29N3O6S2/c1-4-5-14-38-21-13-12-20(16-23(21)37-3)25-24(26(34)22-7-6-15-39-22)27(35)28(36)33(25)29-31-32-30(41-29)40-17-19-10-8-18(2)9-11-19/h6-13,15-16,25,35H,4-5,14,17H2,1-3H3. The van der Waals surface area contributed by atoms with Gasteiger partial charge in [-0.2, -0.15) is 0 Å². The Morgan fingerprint density at radius 2 is 1.95 bits per heavy atom. The fourth-order valence-corrected chi connectivity index (χ4v) is 6.20. The van der Waals surface area contributed by atoms with Crippen molar-refractivity contribution in [2.45, 2.75) is 42.8 Å². The Bertz CT molecular complexity index is 1560. The van der Waals surface area contributed by atoms with Crippen LogP contribution >= 0.6 is 23.1 Å². The molecule has 212 valence electrons. The summed E-state index contributed by atoms with van der Waals surface area (Å²) in [6.07, 6.45) is 3.23.